The van der Waals surface area contributed by atoms with Gasteiger partial charge in [-0.3, -0.25) is 4.79 Å². The summed E-state index contributed by atoms with van der Waals surface area (Å²) < 4.78 is 11.2. The van der Waals surface area contributed by atoms with E-state index in [1.54, 1.807) is 24.3 Å². The number of methoxy groups -OCH3 is 1. The topological polar surface area (TPSA) is 88.1 Å². The average molecular weight is 447 g/mol. The molecule has 5 atom stereocenters. The normalized spacial score (nSPS) is 30.8. The van der Waals surface area contributed by atoms with Crippen LogP contribution >= 0.6 is 0 Å². The van der Waals surface area contributed by atoms with Crippen molar-refractivity contribution < 1.29 is 24.2 Å². The molecule has 2 bridgehead atoms. The number of likely N-dealkylation sites (tertiary alicyclic amines) is 1. The molecule has 170 valence electrons. The number of likely N-dealkylation sites (N-methyl/N-ethyl adjacent to an activating group) is 1. The number of esters is 1. The number of nitrogens with one attached hydrogen (secondary N) is 1. The zero-order valence-electron chi connectivity index (χ0n) is 18.6. The number of hydrogen-bond acceptors (Lipinski definition) is 6. The van der Waals surface area contributed by atoms with Crippen molar-refractivity contribution in [3.8, 4) is 11.5 Å². The molecule has 1 spiro atoms. The number of phenols is 1. The van der Waals surface area contributed by atoms with Gasteiger partial charge in [0, 0.05) is 28.5 Å². The molecule has 2 aliphatic heterocycles. The Balaban J connectivity index is 1.38. The Labute approximate surface area is 192 Å². The zero-order valence-corrected chi connectivity index (χ0v) is 18.6. The summed E-state index contributed by atoms with van der Waals surface area (Å²) in [5, 5.41) is 13.7. The Morgan fingerprint density at radius 2 is 2.03 bits per heavy atom. The van der Waals surface area contributed by atoms with Crippen LogP contribution < -0.4 is 10.1 Å². The number of ether oxygens (including phenoxy) is 2. The van der Waals surface area contributed by atoms with Gasteiger partial charge in [-0.05, 0) is 56.3 Å². The number of phenolic OH excluding ortho intramolecular Hbond substituents is 1. The first kappa shape index (κ1) is 20.3. The van der Waals surface area contributed by atoms with Gasteiger partial charge < -0.3 is 24.8 Å². The van der Waals surface area contributed by atoms with E-state index < -0.39 is 5.97 Å². The molecule has 2 aromatic carbocycles. The highest BCUT2D eigenvalue weighted by molar-refractivity contribution is 5.98. The maximum Gasteiger partial charge on any atom is 0.337 e. The zero-order chi connectivity index (χ0) is 22.9. The fourth-order valence-corrected chi connectivity index (χ4v) is 6.53. The van der Waals surface area contributed by atoms with Crippen LogP contribution in [-0.4, -0.2) is 60.8 Å². The van der Waals surface area contributed by atoms with Crippen molar-refractivity contribution in [3.05, 3.63) is 70.8 Å². The van der Waals surface area contributed by atoms with E-state index >= 15 is 0 Å². The Bertz CT molecular complexity index is 1210. The van der Waals surface area contributed by atoms with Gasteiger partial charge in [-0.2, -0.15) is 0 Å². The number of hydrogen-bond donors (Lipinski definition) is 2. The first-order chi connectivity index (χ1) is 15.9. The maximum atomic E-state index is 13.2. The van der Waals surface area contributed by atoms with Gasteiger partial charge in [0.15, 0.2) is 11.5 Å². The van der Waals surface area contributed by atoms with E-state index in [1.807, 2.05) is 12.1 Å². The second-order valence-electron chi connectivity index (χ2n) is 9.51. The highest BCUT2D eigenvalue weighted by Gasteiger charge is 2.64. The predicted molar refractivity (Wildman–Crippen MR) is 121 cm³/mol. The van der Waals surface area contributed by atoms with E-state index in [9.17, 15) is 14.7 Å². The highest BCUT2D eigenvalue weighted by atomic mass is 16.5. The minimum absolute atomic E-state index is 0.157. The number of carbonyl (C=O) groups excluding carboxylic acids is 2. The van der Waals surface area contributed by atoms with Crippen molar-refractivity contribution in [2.45, 2.75) is 36.4 Å². The van der Waals surface area contributed by atoms with E-state index in [2.05, 4.69) is 23.3 Å². The van der Waals surface area contributed by atoms with Crippen molar-refractivity contribution in [2.75, 3.05) is 20.7 Å². The first-order valence-corrected chi connectivity index (χ1v) is 11.3. The third kappa shape index (κ3) is 2.72. The molecular weight excluding hydrogens is 420 g/mol. The summed E-state index contributed by atoms with van der Waals surface area (Å²) in [5.74, 6) is 0.217. The highest BCUT2D eigenvalue weighted by Crippen LogP contribution is 2.62. The van der Waals surface area contributed by atoms with E-state index in [-0.39, 0.29) is 35.1 Å². The molecule has 1 amide bonds. The number of piperidine rings is 1. The van der Waals surface area contributed by atoms with Crippen LogP contribution in [-0.2, 0) is 16.6 Å². The molecule has 1 saturated heterocycles. The molecule has 33 heavy (non-hydrogen) atoms. The van der Waals surface area contributed by atoms with Crippen molar-refractivity contribution in [1.29, 1.82) is 0 Å². The van der Waals surface area contributed by atoms with Gasteiger partial charge in [-0.15, -0.1) is 0 Å². The molecule has 2 aromatic rings. The number of aromatic hydroxyl groups is 1. The van der Waals surface area contributed by atoms with Crippen molar-refractivity contribution in [1.82, 2.24) is 10.2 Å². The average Bonchev–Trinajstić information content (AvgIpc) is 3.19. The summed E-state index contributed by atoms with van der Waals surface area (Å²) in [6, 6.07) is 10.2. The molecule has 5 unspecified atom stereocenters. The van der Waals surface area contributed by atoms with Crippen LogP contribution in [0.25, 0.3) is 0 Å². The molecule has 2 heterocycles. The SMILES string of the molecule is COC(=O)c1cccc(C(=O)NC2C=CC3C4Cc5ccc(O)c6c5C3(CCN4C)C2O6)c1. The van der Waals surface area contributed by atoms with Gasteiger partial charge in [0.1, 0.15) is 6.10 Å². The Hall–Kier alpha value is -3.32. The second-order valence-corrected chi connectivity index (χ2v) is 9.51. The van der Waals surface area contributed by atoms with Gasteiger partial charge in [-0.25, -0.2) is 4.79 Å². The molecule has 0 saturated carbocycles. The lowest BCUT2D eigenvalue weighted by Gasteiger charge is -2.57. The van der Waals surface area contributed by atoms with Crippen molar-refractivity contribution >= 4 is 11.9 Å². The standard InChI is InChI=1S/C26H26N2O5/c1-28-11-10-26-17-7-8-18(27-24(30)15-4-3-5-16(12-15)25(31)32-2)23(26)33-22-20(29)9-6-14(21(22)26)13-19(17)28/h3-9,12,17-19,23,29H,10-11,13H2,1-2H3,(H,27,30). The van der Waals surface area contributed by atoms with Crippen LogP contribution in [0.4, 0.5) is 0 Å². The Kier molecular flexibility index (Phi) is 4.36. The van der Waals surface area contributed by atoms with Crippen LogP contribution in [0.1, 0.15) is 38.3 Å². The number of benzene rings is 2. The monoisotopic (exact) mass is 446 g/mol. The van der Waals surface area contributed by atoms with Crippen molar-refractivity contribution in [3.63, 3.8) is 0 Å². The van der Waals surface area contributed by atoms with Gasteiger partial charge in [-0.1, -0.05) is 24.3 Å². The summed E-state index contributed by atoms with van der Waals surface area (Å²) in [7, 11) is 3.49. The number of carbonyl (C=O) groups is 2. The first-order valence-electron chi connectivity index (χ1n) is 11.3. The number of nitrogens with zero attached hydrogens (tertiary/aromatic N) is 1. The smallest absolute Gasteiger partial charge is 0.337 e. The number of amides is 1. The third-order valence-electron chi connectivity index (χ3n) is 8.02. The molecule has 6 rings (SSSR count). The minimum atomic E-state index is -0.485. The number of rotatable bonds is 3. The molecule has 7 nitrogen and oxygen atoms in total. The molecular formula is C26H26N2O5. The third-order valence-corrected chi connectivity index (χ3v) is 8.02. The summed E-state index contributed by atoms with van der Waals surface area (Å²) in [6.45, 7) is 0.936. The predicted octanol–water partition coefficient (Wildman–Crippen LogP) is 2.42. The lowest BCUT2D eigenvalue weighted by atomic mass is 9.53. The van der Waals surface area contributed by atoms with E-state index in [0.717, 1.165) is 24.9 Å². The van der Waals surface area contributed by atoms with Crippen LogP contribution in [0.5, 0.6) is 11.5 Å². The van der Waals surface area contributed by atoms with E-state index in [0.29, 0.717) is 22.9 Å². The van der Waals surface area contributed by atoms with Gasteiger partial charge >= 0.3 is 5.97 Å². The molecule has 0 aromatic heterocycles. The molecule has 7 heteroatoms. The maximum absolute atomic E-state index is 13.2. The van der Waals surface area contributed by atoms with E-state index in [1.165, 1.54) is 18.7 Å². The molecule has 0 radical (unpaired) electrons. The largest absolute Gasteiger partial charge is 0.504 e. The quantitative estimate of drug-likeness (QED) is 0.556. The van der Waals surface area contributed by atoms with E-state index in [4.69, 9.17) is 9.47 Å². The molecule has 1 fully saturated rings. The lowest BCUT2D eigenvalue weighted by Crippen LogP contribution is -2.66. The fourth-order valence-electron chi connectivity index (χ4n) is 6.53. The minimum Gasteiger partial charge on any atom is -0.504 e. The summed E-state index contributed by atoms with van der Waals surface area (Å²) in [4.78, 5) is 27.5. The van der Waals surface area contributed by atoms with Gasteiger partial charge in [0.2, 0.25) is 0 Å². The van der Waals surface area contributed by atoms with Crippen LogP contribution in [0.15, 0.2) is 48.6 Å². The van der Waals surface area contributed by atoms with Crippen LogP contribution in [0.2, 0.25) is 0 Å². The summed E-state index contributed by atoms with van der Waals surface area (Å²) in [5.41, 5.74) is 2.78. The Morgan fingerprint density at radius 3 is 2.85 bits per heavy atom. The molecule has 2 aliphatic carbocycles. The van der Waals surface area contributed by atoms with Crippen LogP contribution in [0, 0.1) is 5.92 Å². The Morgan fingerprint density at radius 1 is 1.21 bits per heavy atom. The molecule has 2 N–H and O–H groups in total. The fraction of sp³-hybridized carbons (Fsp3) is 0.385. The lowest BCUT2D eigenvalue weighted by molar-refractivity contribution is -0.00855. The van der Waals surface area contributed by atoms with Crippen molar-refractivity contribution in [2.24, 2.45) is 5.92 Å². The summed E-state index contributed by atoms with van der Waals surface area (Å²) >= 11 is 0. The second kappa shape index (κ2) is 7.09. The summed E-state index contributed by atoms with van der Waals surface area (Å²) in [6.07, 6.45) is 5.78. The van der Waals surface area contributed by atoms with Gasteiger partial charge in [0.25, 0.3) is 5.91 Å². The van der Waals surface area contributed by atoms with Crippen LogP contribution in [0.3, 0.4) is 0 Å². The molecule has 4 aliphatic rings. The van der Waals surface area contributed by atoms with Gasteiger partial charge in [0.05, 0.1) is 18.7 Å².